The van der Waals surface area contributed by atoms with Crippen LogP contribution in [0.3, 0.4) is 0 Å². The summed E-state index contributed by atoms with van der Waals surface area (Å²) in [5.41, 5.74) is 2.47. The molecule has 134 valence electrons. The lowest BCUT2D eigenvalue weighted by Crippen LogP contribution is -1.98. The lowest BCUT2D eigenvalue weighted by Gasteiger charge is -2.05. The monoisotopic (exact) mass is 395 g/mol. The smallest absolute Gasteiger partial charge is 0.188 e. The molecule has 0 fully saturated rings. The molecular weight excluding hydrogens is 381 g/mol. The Bertz CT molecular complexity index is 1130. The molecule has 27 heavy (non-hydrogen) atoms. The van der Waals surface area contributed by atoms with E-state index in [1.807, 2.05) is 46.5 Å². The largest absolute Gasteiger partial charge is 0.342 e. The van der Waals surface area contributed by atoms with Gasteiger partial charge in [-0.25, -0.2) is 4.39 Å². The fourth-order valence-corrected chi connectivity index (χ4v) is 3.81. The molecule has 0 N–H and O–H groups in total. The molecule has 0 saturated carbocycles. The van der Waals surface area contributed by atoms with Crippen LogP contribution in [0.5, 0.6) is 0 Å². The van der Waals surface area contributed by atoms with Gasteiger partial charge in [-0.15, -0.1) is 11.3 Å². The van der Waals surface area contributed by atoms with Crippen molar-refractivity contribution >= 4 is 45.7 Å². The molecule has 0 unspecified atom stereocenters. The van der Waals surface area contributed by atoms with Crippen LogP contribution in [0.1, 0.15) is 20.8 Å². The van der Waals surface area contributed by atoms with Gasteiger partial charge in [-0.3, -0.25) is 4.79 Å². The van der Waals surface area contributed by atoms with Crippen molar-refractivity contribution in [2.45, 2.75) is 6.54 Å². The normalized spacial score (nSPS) is 11.5. The van der Waals surface area contributed by atoms with Crippen molar-refractivity contribution in [3.8, 4) is 0 Å². The summed E-state index contributed by atoms with van der Waals surface area (Å²) in [5, 5.41) is 3.36. The van der Waals surface area contributed by atoms with Crippen LogP contribution in [0.4, 0.5) is 4.39 Å². The van der Waals surface area contributed by atoms with E-state index in [1.165, 1.54) is 12.1 Å². The van der Waals surface area contributed by atoms with Gasteiger partial charge < -0.3 is 4.57 Å². The summed E-state index contributed by atoms with van der Waals surface area (Å²) in [5.74, 6) is -0.342. The minimum absolute atomic E-state index is 0.0754. The van der Waals surface area contributed by atoms with E-state index < -0.39 is 0 Å². The maximum atomic E-state index is 13.2. The third-order valence-electron chi connectivity index (χ3n) is 4.32. The highest BCUT2D eigenvalue weighted by Gasteiger charge is 2.14. The van der Waals surface area contributed by atoms with Crippen LogP contribution in [0.2, 0.25) is 5.02 Å². The summed E-state index contributed by atoms with van der Waals surface area (Å²) < 4.78 is 15.2. The van der Waals surface area contributed by atoms with Gasteiger partial charge in [-0.1, -0.05) is 29.8 Å². The van der Waals surface area contributed by atoms with Crippen LogP contribution in [0.15, 0.2) is 72.3 Å². The topological polar surface area (TPSA) is 22.0 Å². The summed E-state index contributed by atoms with van der Waals surface area (Å²) in [6, 6.07) is 15.8. The predicted octanol–water partition coefficient (Wildman–Crippen LogP) is 6.44. The Morgan fingerprint density at radius 2 is 1.96 bits per heavy atom. The number of allylic oxidation sites excluding steroid dienone is 1. The molecule has 0 radical (unpaired) electrons. The van der Waals surface area contributed by atoms with Crippen molar-refractivity contribution in [1.82, 2.24) is 4.57 Å². The zero-order valence-corrected chi connectivity index (χ0v) is 15.8. The first-order chi connectivity index (χ1) is 13.1. The number of benzene rings is 2. The Morgan fingerprint density at radius 3 is 2.70 bits per heavy atom. The van der Waals surface area contributed by atoms with Crippen LogP contribution in [-0.4, -0.2) is 10.4 Å². The van der Waals surface area contributed by atoms with Crippen LogP contribution in [0.25, 0.3) is 17.0 Å². The van der Waals surface area contributed by atoms with E-state index in [0.29, 0.717) is 17.1 Å². The van der Waals surface area contributed by atoms with E-state index in [1.54, 1.807) is 35.6 Å². The number of thiophene rings is 1. The van der Waals surface area contributed by atoms with E-state index in [0.717, 1.165) is 21.3 Å². The van der Waals surface area contributed by atoms with Gasteiger partial charge in [0.25, 0.3) is 0 Å². The highest BCUT2D eigenvalue weighted by molar-refractivity contribution is 7.10. The Hall–Kier alpha value is -2.69. The number of rotatable bonds is 5. The van der Waals surface area contributed by atoms with Crippen LogP contribution in [0, 0.1) is 5.82 Å². The Balaban J connectivity index is 1.72. The Morgan fingerprint density at radius 1 is 1.15 bits per heavy atom. The minimum atomic E-state index is -0.266. The number of carbonyl (C=O) groups is 1. The molecule has 2 aromatic heterocycles. The molecule has 0 atom stereocenters. The van der Waals surface area contributed by atoms with E-state index in [2.05, 4.69) is 0 Å². The molecule has 2 nitrogen and oxygen atoms in total. The van der Waals surface area contributed by atoms with Gasteiger partial charge in [0.05, 0.1) is 0 Å². The van der Waals surface area contributed by atoms with Gasteiger partial charge in [0, 0.05) is 39.1 Å². The molecular formula is C22H15ClFNOS. The Labute approximate surface area is 165 Å². The predicted molar refractivity (Wildman–Crippen MR) is 110 cm³/mol. The number of fused-ring (bicyclic) bond motifs is 1. The molecule has 4 aromatic rings. The number of nitrogens with zero attached hydrogens (tertiary/aromatic N) is 1. The van der Waals surface area contributed by atoms with Crippen molar-refractivity contribution in [3.05, 3.63) is 99.1 Å². The Kier molecular flexibility index (Phi) is 4.92. The van der Waals surface area contributed by atoms with Crippen molar-refractivity contribution in [2.75, 3.05) is 0 Å². The molecule has 2 heterocycles. The van der Waals surface area contributed by atoms with Crippen LogP contribution >= 0.6 is 22.9 Å². The SMILES string of the molecule is O=C(/C=C/c1cccs1)c1cn(Cc2ccc(F)cc2)c2ccc(Cl)cc12. The van der Waals surface area contributed by atoms with E-state index >= 15 is 0 Å². The molecule has 4 rings (SSSR count). The summed E-state index contributed by atoms with van der Waals surface area (Å²) in [4.78, 5) is 13.8. The number of hydrogen-bond acceptors (Lipinski definition) is 2. The average molecular weight is 396 g/mol. The molecule has 0 aliphatic rings. The summed E-state index contributed by atoms with van der Waals surface area (Å²) in [6.07, 6.45) is 5.25. The number of carbonyl (C=O) groups excluding carboxylic acids is 1. The van der Waals surface area contributed by atoms with Crippen molar-refractivity contribution < 1.29 is 9.18 Å². The number of ketones is 1. The average Bonchev–Trinajstić information content (AvgIpc) is 3.30. The summed E-state index contributed by atoms with van der Waals surface area (Å²) in [6.45, 7) is 0.542. The van der Waals surface area contributed by atoms with Gasteiger partial charge in [0.1, 0.15) is 5.82 Å². The maximum absolute atomic E-state index is 13.2. The van der Waals surface area contributed by atoms with Gasteiger partial charge >= 0.3 is 0 Å². The molecule has 0 spiro atoms. The fraction of sp³-hybridized carbons (Fsp3) is 0.0455. The number of hydrogen-bond donors (Lipinski definition) is 0. The standard InChI is InChI=1S/C22H15ClFNOS/c23-16-5-9-21-19(12-16)20(22(26)10-8-18-2-1-11-27-18)14-25(21)13-15-3-6-17(24)7-4-15/h1-12,14H,13H2/b10-8+. The van der Waals surface area contributed by atoms with Gasteiger partial charge in [0.15, 0.2) is 5.78 Å². The summed E-state index contributed by atoms with van der Waals surface area (Å²) >= 11 is 7.74. The molecule has 5 heteroatoms. The first-order valence-corrected chi connectivity index (χ1v) is 9.65. The van der Waals surface area contributed by atoms with Crippen molar-refractivity contribution in [2.24, 2.45) is 0 Å². The molecule has 2 aromatic carbocycles. The van der Waals surface area contributed by atoms with E-state index in [9.17, 15) is 9.18 Å². The lowest BCUT2D eigenvalue weighted by atomic mass is 10.1. The number of halogens is 2. The molecule has 0 bridgehead atoms. The highest BCUT2D eigenvalue weighted by atomic mass is 35.5. The van der Waals surface area contributed by atoms with Gasteiger partial charge in [-0.05, 0) is 59.5 Å². The number of aromatic nitrogens is 1. The van der Waals surface area contributed by atoms with Crippen molar-refractivity contribution in [3.63, 3.8) is 0 Å². The van der Waals surface area contributed by atoms with Crippen LogP contribution in [-0.2, 0) is 6.54 Å². The lowest BCUT2D eigenvalue weighted by molar-refractivity contribution is 0.104. The van der Waals surface area contributed by atoms with E-state index in [4.69, 9.17) is 11.6 Å². The van der Waals surface area contributed by atoms with Gasteiger partial charge in [-0.2, -0.15) is 0 Å². The van der Waals surface area contributed by atoms with Crippen LogP contribution < -0.4 is 0 Å². The fourth-order valence-electron chi connectivity index (χ4n) is 3.02. The highest BCUT2D eigenvalue weighted by Crippen LogP contribution is 2.27. The minimum Gasteiger partial charge on any atom is -0.342 e. The summed E-state index contributed by atoms with van der Waals surface area (Å²) in [7, 11) is 0. The zero-order chi connectivity index (χ0) is 18.8. The quantitative estimate of drug-likeness (QED) is 0.281. The van der Waals surface area contributed by atoms with E-state index in [-0.39, 0.29) is 11.6 Å². The maximum Gasteiger partial charge on any atom is 0.188 e. The molecule has 0 aliphatic carbocycles. The van der Waals surface area contributed by atoms with Gasteiger partial charge in [0.2, 0.25) is 0 Å². The second-order valence-electron chi connectivity index (χ2n) is 6.17. The second-order valence-corrected chi connectivity index (χ2v) is 7.59. The van der Waals surface area contributed by atoms with Crippen molar-refractivity contribution in [1.29, 1.82) is 0 Å². The zero-order valence-electron chi connectivity index (χ0n) is 14.2. The molecule has 0 saturated heterocycles. The molecule has 0 aliphatic heterocycles. The third-order valence-corrected chi connectivity index (χ3v) is 5.39. The third kappa shape index (κ3) is 3.87. The second kappa shape index (κ2) is 7.51. The first-order valence-electron chi connectivity index (χ1n) is 8.39. The molecule has 0 amide bonds. The first kappa shape index (κ1) is 17.7.